The molecule has 2 aromatic carbocycles. The molecule has 116 valence electrons. The number of aromatic nitrogens is 3. The van der Waals surface area contributed by atoms with E-state index in [0.717, 1.165) is 23.5 Å². The first-order chi connectivity index (χ1) is 11.3. The smallest absolute Gasteiger partial charge is 0.251 e. The molecule has 0 spiro atoms. The van der Waals surface area contributed by atoms with Crippen molar-refractivity contribution in [2.24, 2.45) is 0 Å². The predicted molar refractivity (Wildman–Crippen MR) is 93.4 cm³/mol. The topological polar surface area (TPSA) is 53.9 Å². The van der Waals surface area contributed by atoms with Crippen LogP contribution in [0, 0.1) is 6.92 Å². The van der Waals surface area contributed by atoms with Gasteiger partial charge in [0, 0.05) is 17.9 Å². The van der Waals surface area contributed by atoms with Gasteiger partial charge in [-0.05, 0) is 37.6 Å². The lowest BCUT2D eigenvalue weighted by Crippen LogP contribution is -2.19. The summed E-state index contributed by atoms with van der Waals surface area (Å²) in [6.45, 7) is 4.89. The highest BCUT2D eigenvalue weighted by Crippen LogP contribution is 2.23. The number of nitrogens with zero attached hydrogens (tertiary/aromatic N) is 4. The molecule has 5 nitrogen and oxygen atoms in total. The highest BCUT2D eigenvalue weighted by molar-refractivity contribution is 5.62. The van der Waals surface area contributed by atoms with Gasteiger partial charge in [0.05, 0.1) is 6.20 Å². The first-order valence-electron chi connectivity index (χ1n) is 7.63. The van der Waals surface area contributed by atoms with Crippen LogP contribution >= 0.6 is 0 Å². The van der Waals surface area contributed by atoms with Gasteiger partial charge < -0.3 is 10.2 Å². The Kier molecular flexibility index (Phi) is 4.47. The minimum absolute atomic E-state index is 0.581. The van der Waals surface area contributed by atoms with Crippen LogP contribution in [0.3, 0.4) is 0 Å². The van der Waals surface area contributed by atoms with Gasteiger partial charge in [0.15, 0.2) is 5.82 Å². The number of hydrogen-bond donors (Lipinski definition) is 1. The van der Waals surface area contributed by atoms with Crippen molar-refractivity contribution in [3.63, 3.8) is 0 Å². The zero-order chi connectivity index (χ0) is 16.1. The molecule has 0 unspecified atom stereocenters. The minimum atomic E-state index is 0.581. The summed E-state index contributed by atoms with van der Waals surface area (Å²) < 4.78 is 0. The Morgan fingerprint density at radius 3 is 2.48 bits per heavy atom. The van der Waals surface area contributed by atoms with Gasteiger partial charge >= 0.3 is 0 Å². The molecule has 5 heteroatoms. The molecule has 0 atom stereocenters. The highest BCUT2D eigenvalue weighted by atomic mass is 15.3. The molecule has 1 N–H and O–H groups in total. The lowest BCUT2D eigenvalue weighted by Gasteiger charge is -2.20. The molecule has 3 aromatic rings. The maximum Gasteiger partial charge on any atom is 0.251 e. The lowest BCUT2D eigenvalue weighted by atomic mass is 10.2. The molecule has 0 fully saturated rings. The molecule has 23 heavy (non-hydrogen) atoms. The van der Waals surface area contributed by atoms with E-state index >= 15 is 0 Å². The van der Waals surface area contributed by atoms with Crippen molar-refractivity contribution in [1.29, 1.82) is 0 Å². The second-order valence-corrected chi connectivity index (χ2v) is 5.16. The van der Waals surface area contributed by atoms with E-state index in [1.165, 1.54) is 0 Å². The van der Waals surface area contributed by atoms with Gasteiger partial charge in [-0.3, -0.25) is 0 Å². The summed E-state index contributed by atoms with van der Waals surface area (Å²) >= 11 is 0. The van der Waals surface area contributed by atoms with Gasteiger partial charge in [-0.1, -0.05) is 36.4 Å². The Bertz CT molecular complexity index is 773. The van der Waals surface area contributed by atoms with Crippen molar-refractivity contribution >= 4 is 23.1 Å². The SMILES string of the molecule is CCN(c1ccccc1)c1nncc(Nc2ccccc2C)n1. The van der Waals surface area contributed by atoms with Crippen LogP contribution in [0.5, 0.6) is 0 Å². The second-order valence-electron chi connectivity index (χ2n) is 5.16. The molecule has 0 bridgehead atoms. The second kappa shape index (κ2) is 6.87. The first-order valence-corrected chi connectivity index (χ1v) is 7.63. The fourth-order valence-electron chi connectivity index (χ4n) is 2.37. The minimum Gasteiger partial charge on any atom is -0.339 e. The van der Waals surface area contributed by atoms with Gasteiger partial charge in [-0.25, -0.2) is 0 Å². The third-order valence-corrected chi connectivity index (χ3v) is 3.58. The summed E-state index contributed by atoms with van der Waals surface area (Å²) in [6, 6.07) is 18.1. The van der Waals surface area contributed by atoms with Crippen LogP contribution in [0.25, 0.3) is 0 Å². The molecule has 0 aliphatic carbocycles. The van der Waals surface area contributed by atoms with E-state index in [9.17, 15) is 0 Å². The van der Waals surface area contributed by atoms with Crippen LogP contribution in [0.2, 0.25) is 0 Å². The molecule has 3 rings (SSSR count). The van der Waals surface area contributed by atoms with E-state index in [2.05, 4.69) is 40.4 Å². The van der Waals surface area contributed by atoms with Crippen molar-refractivity contribution in [1.82, 2.24) is 15.2 Å². The van der Waals surface area contributed by atoms with Crippen molar-refractivity contribution in [3.8, 4) is 0 Å². The van der Waals surface area contributed by atoms with Crippen molar-refractivity contribution in [2.75, 3.05) is 16.8 Å². The van der Waals surface area contributed by atoms with Gasteiger partial charge in [-0.2, -0.15) is 10.1 Å². The summed E-state index contributed by atoms with van der Waals surface area (Å²) in [5.74, 6) is 1.26. The van der Waals surface area contributed by atoms with E-state index < -0.39 is 0 Å². The molecule has 0 aliphatic rings. The fraction of sp³-hybridized carbons (Fsp3) is 0.167. The van der Waals surface area contributed by atoms with E-state index in [0.29, 0.717) is 11.8 Å². The van der Waals surface area contributed by atoms with Gasteiger partial charge in [-0.15, -0.1) is 5.10 Å². The summed E-state index contributed by atoms with van der Waals surface area (Å²) in [6.07, 6.45) is 1.63. The Morgan fingerprint density at radius 1 is 1.00 bits per heavy atom. The number of aryl methyl sites for hydroxylation is 1. The molecule has 0 aliphatic heterocycles. The number of para-hydroxylation sites is 2. The normalized spacial score (nSPS) is 10.3. The van der Waals surface area contributed by atoms with Crippen LogP contribution in [0.4, 0.5) is 23.1 Å². The number of anilines is 4. The van der Waals surface area contributed by atoms with Crippen LogP contribution in [-0.2, 0) is 0 Å². The molecular formula is C18H19N5. The van der Waals surface area contributed by atoms with E-state index in [1.54, 1.807) is 6.20 Å². The molecule has 0 saturated carbocycles. The number of nitrogens with one attached hydrogen (secondary N) is 1. The third kappa shape index (κ3) is 3.45. The molecule has 1 aromatic heterocycles. The summed E-state index contributed by atoms with van der Waals surface area (Å²) in [7, 11) is 0. The quantitative estimate of drug-likeness (QED) is 0.769. The monoisotopic (exact) mass is 305 g/mol. The zero-order valence-electron chi connectivity index (χ0n) is 13.3. The van der Waals surface area contributed by atoms with E-state index in [-0.39, 0.29) is 0 Å². The van der Waals surface area contributed by atoms with Gasteiger partial charge in [0.1, 0.15) is 0 Å². The Balaban J connectivity index is 1.89. The van der Waals surface area contributed by atoms with Crippen LogP contribution in [-0.4, -0.2) is 21.7 Å². The first kappa shape index (κ1) is 15.0. The van der Waals surface area contributed by atoms with Crippen molar-refractivity contribution < 1.29 is 0 Å². The van der Waals surface area contributed by atoms with Gasteiger partial charge in [0.2, 0.25) is 0 Å². The van der Waals surface area contributed by atoms with E-state index in [4.69, 9.17) is 0 Å². The molecular weight excluding hydrogens is 286 g/mol. The van der Waals surface area contributed by atoms with Gasteiger partial charge in [0.25, 0.3) is 5.95 Å². The average Bonchev–Trinajstić information content (AvgIpc) is 2.59. The zero-order valence-corrected chi connectivity index (χ0v) is 13.3. The molecule has 1 heterocycles. The standard InChI is InChI=1S/C18H19N5/c1-3-23(15-10-5-4-6-11-15)18-21-17(13-19-22-18)20-16-12-8-7-9-14(16)2/h4-13H,3H2,1-2H3,(H,20,21,22). The molecule has 0 radical (unpaired) electrons. The van der Waals surface area contributed by atoms with Crippen molar-refractivity contribution in [3.05, 3.63) is 66.4 Å². The maximum atomic E-state index is 4.60. The van der Waals surface area contributed by atoms with Crippen LogP contribution < -0.4 is 10.2 Å². The third-order valence-electron chi connectivity index (χ3n) is 3.58. The van der Waals surface area contributed by atoms with Crippen molar-refractivity contribution in [2.45, 2.75) is 13.8 Å². The Morgan fingerprint density at radius 2 is 1.74 bits per heavy atom. The largest absolute Gasteiger partial charge is 0.339 e. The van der Waals surface area contributed by atoms with Crippen LogP contribution in [0.15, 0.2) is 60.8 Å². The summed E-state index contributed by atoms with van der Waals surface area (Å²) in [5, 5.41) is 11.6. The number of benzene rings is 2. The maximum absolute atomic E-state index is 4.60. The van der Waals surface area contributed by atoms with E-state index in [1.807, 2.05) is 53.4 Å². The summed E-state index contributed by atoms with van der Waals surface area (Å²) in [4.78, 5) is 6.62. The lowest BCUT2D eigenvalue weighted by molar-refractivity contribution is 0.887. The molecule has 0 amide bonds. The molecule has 0 saturated heterocycles. The fourth-order valence-corrected chi connectivity index (χ4v) is 2.37. The average molecular weight is 305 g/mol. The Labute approximate surface area is 136 Å². The van der Waals surface area contributed by atoms with Crippen LogP contribution in [0.1, 0.15) is 12.5 Å². The predicted octanol–water partition coefficient (Wildman–Crippen LogP) is 4.08. The summed E-state index contributed by atoms with van der Waals surface area (Å²) in [5.41, 5.74) is 3.22. The highest BCUT2D eigenvalue weighted by Gasteiger charge is 2.11. The number of hydrogen-bond acceptors (Lipinski definition) is 5. The Hall–Kier alpha value is -2.95. The number of rotatable bonds is 5.